The van der Waals surface area contributed by atoms with Gasteiger partial charge in [0.25, 0.3) is 22.6 Å². The zero-order chi connectivity index (χ0) is 67.4. The van der Waals surface area contributed by atoms with Crippen LogP contribution in [0.2, 0.25) is 30.9 Å². The van der Waals surface area contributed by atoms with Gasteiger partial charge in [0.05, 0.1) is 59.3 Å². The van der Waals surface area contributed by atoms with Crippen molar-refractivity contribution in [2.75, 3.05) is 38.3 Å². The first-order chi connectivity index (χ1) is 44.3. The number of anilines is 1. The average Bonchev–Trinajstić information content (AvgIpc) is 1.64. The Bertz CT molecular complexity index is 4680. The van der Waals surface area contributed by atoms with E-state index in [0.29, 0.717) is 79.8 Å². The zero-order valence-corrected chi connectivity index (χ0v) is 53.3. The summed E-state index contributed by atoms with van der Waals surface area (Å²) in [4.78, 5) is 89.0. The van der Waals surface area contributed by atoms with Crippen molar-refractivity contribution < 1.29 is 46.5 Å². The number of alkyl halides is 4. The maximum absolute atomic E-state index is 12.8. The minimum absolute atomic E-state index is 0.0453. The number of halogens is 10. The van der Waals surface area contributed by atoms with Crippen LogP contribution in [0.5, 0.6) is 11.5 Å². The number of carbonyl (C=O) groups excluding carboxylic acids is 1. The zero-order valence-electron chi connectivity index (χ0n) is 48.8. The van der Waals surface area contributed by atoms with Crippen molar-refractivity contribution in [1.29, 1.82) is 0 Å². The van der Waals surface area contributed by atoms with Crippen LogP contribution in [0.3, 0.4) is 0 Å². The third kappa shape index (κ3) is 17.5. The van der Waals surface area contributed by atoms with Gasteiger partial charge >= 0.3 is 19.2 Å². The van der Waals surface area contributed by atoms with Crippen molar-refractivity contribution in [3.8, 4) is 22.8 Å². The predicted molar refractivity (Wildman–Crippen MR) is 341 cm³/mol. The van der Waals surface area contributed by atoms with Crippen molar-refractivity contribution in [2.45, 2.75) is 26.3 Å². The molecule has 1 aliphatic rings. The van der Waals surface area contributed by atoms with E-state index in [4.69, 9.17) is 90.3 Å². The highest BCUT2D eigenvalue weighted by molar-refractivity contribution is 6.35. The number of hydrogen-bond acceptors (Lipinski definition) is 17. The molecule has 2 aromatic carbocycles. The Morgan fingerprint density at radius 2 is 1.06 bits per heavy atom. The van der Waals surface area contributed by atoms with Crippen molar-refractivity contribution in [3.05, 3.63) is 206 Å². The van der Waals surface area contributed by atoms with Crippen LogP contribution < -0.4 is 36.9 Å². The Balaban J connectivity index is 0.000000162. The lowest BCUT2D eigenvalue weighted by molar-refractivity contribution is -0.0511. The van der Waals surface area contributed by atoms with Crippen LogP contribution in [-0.2, 0) is 39.0 Å². The van der Waals surface area contributed by atoms with Gasteiger partial charge in [-0.15, -0.1) is 0 Å². The quantitative estimate of drug-likeness (QED) is 0.0337. The number of aromatic amines is 1. The molecule has 0 spiro atoms. The van der Waals surface area contributed by atoms with Crippen LogP contribution >= 0.6 is 69.6 Å². The number of pyridine rings is 5. The third-order valence-electron chi connectivity index (χ3n) is 13.3. The normalized spacial score (nSPS) is 11.9. The predicted octanol–water partition coefficient (Wildman–Crippen LogP) is 10.1. The number of nitrogens with one attached hydrogen (secondary N) is 1. The summed E-state index contributed by atoms with van der Waals surface area (Å²) in [5.74, 6) is 4.45. The van der Waals surface area contributed by atoms with E-state index in [1.807, 2.05) is 0 Å². The van der Waals surface area contributed by atoms with E-state index in [9.17, 15) is 41.5 Å². The van der Waals surface area contributed by atoms with Crippen molar-refractivity contribution in [2.24, 2.45) is 27.0 Å². The van der Waals surface area contributed by atoms with Crippen molar-refractivity contribution in [3.63, 3.8) is 0 Å². The Labute approximate surface area is 552 Å². The molecule has 9 aromatic heterocycles. The summed E-state index contributed by atoms with van der Waals surface area (Å²) >= 11 is 33.6. The van der Waals surface area contributed by atoms with Crippen LogP contribution in [0.1, 0.15) is 31.8 Å². The van der Waals surface area contributed by atoms with Gasteiger partial charge in [-0.25, -0.2) is 45.5 Å². The molecule has 0 unspecified atom stereocenters. The molecular formula is C58H50Cl6F4N16O9. The average molecular weight is 1400 g/mol. The molecule has 11 aromatic rings. The second kappa shape index (κ2) is 31.4. The fourth-order valence-electron chi connectivity index (χ4n) is 8.79. The van der Waals surface area contributed by atoms with Gasteiger partial charge in [0.2, 0.25) is 5.95 Å². The Morgan fingerprint density at radius 3 is 1.56 bits per heavy atom. The standard InChI is InChI=1S/C23H22F2N6O3.C15H12ClF2N3O2.C7H7Cl2N3O.C7H6ClN3O.C6H3Cl2NO2/c1-29-21(32)17-6-7-18(16-12-26-23(27-13-16)30-8-10-33-11-9-30)28-20(17)31(29)14-15-4-2-3-5-19(15)34-22(24)25;1-20-14(22)10-6-7-12(16)19-13(10)21(20)8-9-4-2-3-5-11(9)23-15(17)18;1-12(10)7(13)4-2-3-5(8)11-6(4)9;1-11-7(12)4-2-3-5(8)9-6(4)10-11;7-4-2-1-3(6(10)11)5(8)9-4/h2-7,12-13,22H,8-11,14H2,1H3;2-7,15H,8H2,1H3;2-3H,10H2,1H3;2-3H,1H3,(H,9,10);1-2H,(H,10,11). The number of para-hydroxylation sites is 2. The molecule has 0 atom stereocenters. The summed E-state index contributed by atoms with van der Waals surface area (Å²) < 4.78 is 72.6. The lowest BCUT2D eigenvalue weighted by Crippen LogP contribution is -2.37. The van der Waals surface area contributed by atoms with Gasteiger partial charge in [0.15, 0.2) is 16.9 Å². The van der Waals surface area contributed by atoms with Crippen LogP contribution in [0.25, 0.3) is 44.4 Å². The number of morpholine rings is 1. The molecule has 4 N–H and O–H groups in total. The second-order valence-corrected chi connectivity index (χ2v) is 21.6. The molecule has 1 saturated heterocycles. The van der Waals surface area contributed by atoms with Crippen LogP contribution in [0.15, 0.2) is 136 Å². The van der Waals surface area contributed by atoms with E-state index in [1.54, 1.807) is 110 Å². The highest BCUT2D eigenvalue weighted by atomic mass is 35.5. The van der Waals surface area contributed by atoms with Crippen LogP contribution in [-0.4, -0.2) is 132 Å². The summed E-state index contributed by atoms with van der Waals surface area (Å²) in [6, 6.07) is 28.3. The maximum atomic E-state index is 12.8. The van der Waals surface area contributed by atoms with E-state index in [-0.39, 0.29) is 78.2 Å². The van der Waals surface area contributed by atoms with Crippen LogP contribution in [0.4, 0.5) is 23.5 Å². The SMILES string of the molecule is CN(N)C(=O)c1ccc(Cl)nc1Cl.Cn1[nH]c2nc(Cl)ccc2c1=O.Cn1c(=O)c2ccc(-c3cnc(N4CCOCC4)nc3)nc2n1Cc1ccccc1OC(F)F.Cn1c(=O)c2ccc(Cl)nc2n1Cc1ccccc1OC(F)F.O=C(O)c1ccc(Cl)nc1Cl. The summed E-state index contributed by atoms with van der Waals surface area (Å²) in [6.45, 7) is -2.86. The number of benzene rings is 2. The van der Waals surface area contributed by atoms with Crippen molar-refractivity contribution in [1.82, 2.24) is 68.4 Å². The molecule has 1 aliphatic heterocycles. The molecular weight excluding hydrogens is 1350 g/mol. The van der Waals surface area contributed by atoms with E-state index >= 15 is 0 Å². The highest BCUT2D eigenvalue weighted by Gasteiger charge is 2.21. The number of aromatic nitrogens is 13. The molecule has 1 amide bonds. The number of hydrazine groups is 1. The van der Waals surface area contributed by atoms with Gasteiger partial charge in [0, 0.05) is 70.4 Å². The van der Waals surface area contributed by atoms with Gasteiger partial charge in [0.1, 0.15) is 42.4 Å². The molecule has 486 valence electrons. The Hall–Kier alpha value is -9.20. The second-order valence-electron chi connectivity index (χ2n) is 19.4. The summed E-state index contributed by atoms with van der Waals surface area (Å²) in [5, 5.41) is 14.6. The number of ether oxygens (including phenoxy) is 3. The fraction of sp³-hybridized carbons (Fsp3) is 0.207. The summed E-state index contributed by atoms with van der Waals surface area (Å²) in [7, 11) is 6.25. The number of nitrogens with two attached hydrogens (primary N) is 1. The Kier molecular flexibility index (Phi) is 23.5. The number of carboxylic acids is 1. The molecule has 93 heavy (non-hydrogen) atoms. The first-order valence-corrected chi connectivity index (χ1v) is 29.2. The first-order valence-electron chi connectivity index (χ1n) is 26.9. The van der Waals surface area contributed by atoms with Gasteiger partial charge in [-0.3, -0.25) is 52.7 Å². The number of carboxylic acid groups (broad SMARTS) is 1. The first kappa shape index (κ1) is 69.7. The number of nitrogens with zero attached hydrogens (tertiary/aromatic N) is 14. The molecule has 35 heteroatoms. The number of rotatable bonds is 12. The highest BCUT2D eigenvalue weighted by Crippen LogP contribution is 2.27. The third-order valence-corrected chi connectivity index (χ3v) is 14.7. The van der Waals surface area contributed by atoms with Gasteiger partial charge < -0.3 is 24.2 Å². The largest absolute Gasteiger partial charge is 0.478 e. The number of carbonyl (C=O) groups is 2. The van der Waals surface area contributed by atoms with E-state index in [1.165, 1.54) is 63.6 Å². The molecule has 0 aliphatic carbocycles. The number of hydrogen-bond donors (Lipinski definition) is 3. The minimum atomic E-state index is -2.95. The summed E-state index contributed by atoms with van der Waals surface area (Å²) in [5.41, 5.74) is 3.25. The number of aryl methyl sites for hydroxylation is 1. The lowest BCUT2D eigenvalue weighted by atomic mass is 10.2. The van der Waals surface area contributed by atoms with Crippen LogP contribution in [0, 0.1) is 0 Å². The fourth-order valence-corrected chi connectivity index (χ4v) is 9.93. The molecule has 25 nitrogen and oxygen atoms in total. The molecule has 12 rings (SSSR count). The van der Waals surface area contributed by atoms with Crippen molar-refractivity contribution >= 4 is 121 Å². The summed E-state index contributed by atoms with van der Waals surface area (Å²) in [6.07, 6.45) is 3.40. The van der Waals surface area contributed by atoms with E-state index in [0.717, 1.165) is 18.1 Å². The lowest BCUT2D eigenvalue weighted by Gasteiger charge is -2.26. The minimum Gasteiger partial charge on any atom is -0.478 e. The molecule has 10 heterocycles. The van der Waals surface area contributed by atoms with Gasteiger partial charge in [-0.05, 0) is 72.8 Å². The topological polar surface area (TPSA) is 296 Å². The molecule has 0 radical (unpaired) electrons. The van der Waals surface area contributed by atoms with Gasteiger partial charge in [-0.2, -0.15) is 17.6 Å². The van der Waals surface area contributed by atoms with E-state index in [2.05, 4.69) is 49.4 Å². The number of amides is 1. The Morgan fingerprint density at radius 1 is 0.613 bits per heavy atom. The number of fused-ring (bicyclic) bond motifs is 3. The smallest absolute Gasteiger partial charge is 0.387 e. The van der Waals surface area contributed by atoms with E-state index < -0.39 is 25.1 Å². The number of aromatic carboxylic acids is 1. The monoisotopic (exact) mass is 1400 g/mol. The molecule has 0 saturated carbocycles. The maximum Gasteiger partial charge on any atom is 0.387 e. The molecule has 0 bridgehead atoms. The number of H-pyrrole nitrogens is 1. The molecule has 1 fully saturated rings. The van der Waals surface area contributed by atoms with Gasteiger partial charge in [-0.1, -0.05) is 106 Å².